The fourth-order valence-electron chi connectivity index (χ4n) is 1.88. The van der Waals surface area contributed by atoms with Crippen molar-refractivity contribution in [3.05, 3.63) is 25.4 Å². The molecule has 0 saturated carbocycles. The van der Waals surface area contributed by atoms with E-state index in [9.17, 15) is 4.79 Å². The van der Waals surface area contributed by atoms with E-state index in [0.717, 1.165) is 5.69 Å². The third kappa shape index (κ3) is 3.32. The van der Waals surface area contributed by atoms with Crippen molar-refractivity contribution in [2.24, 2.45) is 5.41 Å². The summed E-state index contributed by atoms with van der Waals surface area (Å²) < 4.78 is 6.16. The third-order valence-electron chi connectivity index (χ3n) is 2.72. The second-order valence-corrected chi connectivity index (χ2v) is 6.87. The van der Waals surface area contributed by atoms with E-state index in [1.54, 1.807) is 7.11 Å². The SMILES string of the molecule is COC(c1nc(C(C)C)c(I)c(=O)[nH]1)C(C)(C)C. The van der Waals surface area contributed by atoms with Crippen LogP contribution in [0.2, 0.25) is 0 Å². The zero-order valence-corrected chi connectivity index (χ0v) is 14.0. The lowest BCUT2D eigenvalue weighted by molar-refractivity contribution is 0.00825. The maximum atomic E-state index is 12.0. The van der Waals surface area contributed by atoms with E-state index < -0.39 is 0 Å². The average molecular weight is 364 g/mol. The van der Waals surface area contributed by atoms with Gasteiger partial charge < -0.3 is 9.72 Å². The number of nitrogens with zero attached hydrogens (tertiary/aromatic N) is 1. The summed E-state index contributed by atoms with van der Waals surface area (Å²) >= 11 is 2.05. The van der Waals surface area contributed by atoms with Crippen LogP contribution >= 0.6 is 22.6 Å². The summed E-state index contributed by atoms with van der Waals surface area (Å²) in [5.41, 5.74) is 0.627. The number of hydrogen-bond donors (Lipinski definition) is 1. The average Bonchev–Trinajstić information content (AvgIpc) is 2.21. The predicted octanol–water partition coefficient (Wildman–Crippen LogP) is 3.23. The van der Waals surface area contributed by atoms with Crippen LogP contribution in [-0.4, -0.2) is 17.1 Å². The van der Waals surface area contributed by atoms with Gasteiger partial charge in [0.15, 0.2) is 0 Å². The lowest BCUT2D eigenvalue weighted by Gasteiger charge is -2.28. The fraction of sp³-hybridized carbons (Fsp3) is 0.692. The molecule has 0 aliphatic heterocycles. The molecule has 5 heteroatoms. The number of methoxy groups -OCH3 is 1. The molecule has 0 bridgehead atoms. The summed E-state index contributed by atoms with van der Waals surface area (Å²) in [4.78, 5) is 19.4. The van der Waals surface area contributed by atoms with E-state index in [2.05, 4.69) is 30.7 Å². The zero-order valence-electron chi connectivity index (χ0n) is 11.8. The molecule has 0 radical (unpaired) electrons. The van der Waals surface area contributed by atoms with Crippen molar-refractivity contribution in [3.8, 4) is 0 Å². The summed E-state index contributed by atoms with van der Waals surface area (Å²) in [5.74, 6) is 0.828. The van der Waals surface area contributed by atoms with Crippen LogP contribution in [0.1, 0.15) is 58.2 Å². The first-order valence-electron chi connectivity index (χ1n) is 6.00. The van der Waals surface area contributed by atoms with Crippen LogP contribution in [0.25, 0.3) is 0 Å². The number of ether oxygens (including phenoxy) is 1. The monoisotopic (exact) mass is 364 g/mol. The van der Waals surface area contributed by atoms with Gasteiger partial charge >= 0.3 is 0 Å². The molecule has 4 nitrogen and oxygen atoms in total. The van der Waals surface area contributed by atoms with E-state index in [0.29, 0.717) is 9.39 Å². The quantitative estimate of drug-likeness (QED) is 0.838. The summed E-state index contributed by atoms with van der Waals surface area (Å²) in [6, 6.07) is 0. The zero-order chi connectivity index (χ0) is 14.1. The largest absolute Gasteiger partial charge is 0.373 e. The molecule has 1 heterocycles. The Kier molecular flexibility index (Phi) is 4.94. The minimum atomic E-state index is -0.223. The van der Waals surface area contributed by atoms with Crippen molar-refractivity contribution in [2.75, 3.05) is 7.11 Å². The smallest absolute Gasteiger partial charge is 0.264 e. The number of aromatic amines is 1. The van der Waals surface area contributed by atoms with Crippen LogP contribution in [0.5, 0.6) is 0 Å². The van der Waals surface area contributed by atoms with Gasteiger partial charge in [-0.05, 0) is 33.9 Å². The van der Waals surface area contributed by atoms with Gasteiger partial charge in [-0.15, -0.1) is 0 Å². The lowest BCUT2D eigenvalue weighted by atomic mass is 9.88. The number of nitrogens with one attached hydrogen (secondary N) is 1. The minimum Gasteiger partial charge on any atom is -0.373 e. The molecule has 0 saturated heterocycles. The molecule has 0 aliphatic carbocycles. The Morgan fingerprint density at radius 1 is 1.33 bits per heavy atom. The summed E-state index contributed by atoms with van der Waals surface area (Å²) in [6.45, 7) is 10.3. The number of H-pyrrole nitrogens is 1. The Hall–Kier alpha value is -0.430. The topological polar surface area (TPSA) is 55.0 Å². The van der Waals surface area contributed by atoms with Gasteiger partial charge in [0.2, 0.25) is 0 Å². The maximum absolute atomic E-state index is 12.0. The van der Waals surface area contributed by atoms with Gasteiger partial charge in [-0.25, -0.2) is 4.98 Å². The Balaban J connectivity index is 3.38. The van der Waals surface area contributed by atoms with Gasteiger partial charge in [-0.1, -0.05) is 34.6 Å². The van der Waals surface area contributed by atoms with Crippen LogP contribution in [0.15, 0.2) is 4.79 Å². The Labute approximate surface area is 122 Å². The molecule has 1 atom stereocenters. The molecule has 0 spiro atoms. The Morgan fingerprint density at radius 2 is 1.89 bits per heavy atom. The van der Waals surface area contributed by atoms with Gasteiger partial charge in [0.25, 0.3) is 5.56 Å². The fourth-order valence-corrected chi connectivity index (χ4v) is 2.75. The number of halogens is 1. The van der Waals surface area contributed by atoms with Crippen molar-refractivity contribution in [1.29, 1.82) is 0 Å². The molecule has 0 fully saturated rings. The highest BCUT2D eigenvalue weighted by molar-refractivity contribution is 14.1. The molecular formula is C13H21IN2O2. The molecule has 0 aliphatic rings. The van der Waals surface area contributed by atoms with Crippen molar-refractivity contribution >= 4 is 22.6 Å². The molecule has 0 amide bonds. The van der Waals surface area contributed by atoms with Crippen LogP contribution in [0, 0.1) is 8.99 Å². The van der Waals surface area contributed by atoms with E-state index >= 15 is 0 Å². The molecule has 1 N–H and O–H groups in total. The summed E-state index contributed by atoms with van der Waals surface area (Å²) in [7, 11) is 1.64. The number of rotatable bonds is 3. The highest BCUT2D eigenvalue weighted by Crippen LogP contribution is 2.33. The third-order valence-corrected chi connectivity index (χ3v) is 3.77. The van der Waals surface area contributed by atoms with Crippen LogP contribution in [-0.2, 0) is 4.74 Å². The van der Waals surface area contributed by atoms with Gasteiger partial charge in [0.1, 0.15) is 11.9 Å². The Morgan fingerprint density at radius 3 is 2.28 bits per heavy atom. The van der Waals surface area contributed by atoms with Crippen molar-refractivity contribution < 1.29 is 4.74 Å². The number of hydrogen-bond acceptors (Lipinski definition) is 3. The first-order valence-corrected chi connectivity index (χ1v) is 7.08. The lowest BCUT2D eigenvalue weighted by Crippen LogP contribution is -2.27. The standard InChI is InChI=1S/C13H21IN2O2/c1-7(2)9-8(14)12(17)16-11(15-9)10(18-6)13(3,4)5/h7,10H,1-6H3,(H,15,16,17). The first-order chi connectivity index (χ1) is 8.18. The normalized spacial score (nSPS) is 14.0. The molecule has 0 aromatic carbocycles. The summed E-state index contributed by atoms with van der Waals surface area (Å²) in [6.07, 6.45) is -0.223. The van der Waals surface area contributed by atoms with Crippen LogP contribution in [0.3, 0.4) is 0 Å². The molecule has 1 aromatic rings. The first kappa shape index (κ1) is 15.6. The molecule has 18 heavy (non-hydrogen) atoms. The summed E-state index contributed by atoms with van der Waals surface area (Å²) in [5, 5.41) is 0. The highest BCUT2D eigenvalue weighted by Gasteiger charge is 2.29. The van der Waals surface area contributed by atoms with Gasteiger partial charge in [0, 0.05) is 7.11 Å². The van der Waals surface area contributed by atoms with Crippen molar-refractivity contribution in [3.63, 3.8) is 0 Å². The van der Waals surface area contributed by atoms with Crippen LogP contribution < -0.4 is 5.56 Å². The van der Waals surface area contributed by atoms with E-state index in [1.807, 2.05) is 36.4 Å². The van der Waals surface area contributed by atoms with Gasteiger partial charge in [0.05, 0.1) is 9.26 Å². The molecule has 1 unspecified atom stereocenters. The Bertz CT molecular complexity index is 475. The van der Waals surface area contributed by atoms with E-state index in [1.165, 1.54) is 0 Å². The number of aromatic nitrogens is 2. The molecule has 102 valence electrons. The van der Waals surface area contributed by atoms with E-state index in [4.69, 9.17) is 4.74 Å². The molecule has 1 aromatic heterocycles. The predicted molar refractivity (Wildman–Crippen MR) is 80.9 cm³/mol. The maximum Gasteiger partial charge on any atom is 0.264 e. The second kappa shape index (κ2) is 5.69. The van der Waals surface area contributed by atoms with Crippen molar-refractivity contribution in [2.45, 2.75) is 46.6 Å². The van der Waals surface area contributed by atoms with Crippen molar-refractivity contribution in [1.82, 2.24) is 9.97 Å². The van der Waals surface area contributed by atoms with Gasteiger partial charge in [-0.3, -0.25) is 4.79 Å². The highest BCUT2D eigenvalue weighted by atomic mass is 127. The second-order valence-electron chi connectivity index (χ2n) is 5.79. The van der Waals surface area contributed by atoms with Crippen LogP contribution in [0.4, 0.5) is 0 Å². The molecular weight excluding hydrogens is 343 g/mol. The molecule has 1 rings (SSSR count). The minimum absolute atomic E-state index is 0.0874. The van der Waals surface area contributed by atoms with Gasteiger partial charge in [-0.2, -0.15) is 0 Å². The van der Waals surface area contributed by atoms with E-state index in [-0.39, 0.29) is 23.0 Å².